The summed E-state index contributed by atoms with van der Waals surface area (Å²) in [6, 6.07) is 1.21. The van der Waals surface area contributed by atoms with E-state index in [9.17, 15) is 17.6 Å². The van der Waals surface area contributed by atoms with Crippen molar-refractivity contribution in [2.24, 2.45) is 13.0 Å². The van der Waals surface area contributed by atoms with Crippen LogP contribution in [0.25, 0.3) is 0 Å². The van der Waals surface area contributed by atoms with Gasteiger partial charge in [0, 0.05) is 19.3 Å². The van der Waals surface area contributed by atoms with Crippen molar-refractivity contribution in [1.82, 2.24) is 4.57 Å². The molecule has 1 heterocycles. The van der Waals surface area contributed by atoms with Crippen molar-refractivity contribution in [3.63, 3.8) is 0 Å². The lowest BCUT2D eigenvalue weighted by Crippen LogP contribution is -2.19. The molecule has 1 aromatic heterocycles. The zero-order valence-corrected chi connectivity index (χ0v) is 11.3. The first kappa shape index (κ1) is 14.8. The van der Waals surface area contributed by atoms with Gasteiger partial charge in [0.15, 0.2) is 0 Å². The minimum Gasteiger partial charge on any atom is -0.316 e. The van der Waals surface area contributed by atoms with E-state index in [1.807, 2.05) is 0 Å². The number of rotatable bonds is 5. The van der Waals surface area contributed by atoms with Crippen molar-refractivity contribution in [3.05, 3.63) is 34.0 Å². The molecular weight excluding hydrogens is 261 g/mol. The second-order valence-electron chi connectivity index (χ2n) is 4.39. The standard InChI is InChI=1S/C11H16FNO4S/c1-8(7-17-18(3,15)16)4-9-5-11(14)13(2)6-10(9)12/h5-6,8H,4,7H2,1-3H3/t8-/m0/s1. The Kier molecular flexibility index (Phi) is 4.64. The summed E-state index contributed by atoms with van der Waals surface area (Å²) in [6.45, 7) is 1.69. The Balaban J connectivity index is 2.73. The molecule has 0 saturated carbocycles. The highest BCUT2D eigenvalue weighted by Gasteiger charge is 2.12. The van der Waals surface area contributed by atoms with E-state index in [2.05, 4.69) is 4.18 Å². The molecule has 0 unspecified atom stereocenters. The number of pyridine rings is 1. The van der Waals surface area contributed by atoms with Crippen LogP contribution in [0.2, 0.25) is 0 Å². The molecule has 0 N–H and O–H groups in total. The molecule has 5 nitrogen and oxygen atoms in total. The molecule has 1 aromatic rings. The molecule has 0 aliphatic heterocycles. The maximum Gasteiger partial charge on any atom is 0.264 e. The first-order valence-corrected chi connectivity index (χ1v) is 7.20. The number of aryl methyl sites for hydroxylation is 1. The third-order valence-corrected chi connectivity index (χ3v) is 2.96. The van der Waals surface area contributed by atoms with Crippen molar-refractivity contribution in [1.29, 1.82) is 0 Å². The van der Waals surface area contributed by atoms with Gasteiger partial charge in [-0.25, -0.2) is 4.39 Å². The highest BCUT2D eigenvalue weighted by Crippen LogP contribution is 2.11. The smallest absolute Gasteiger partial charge is 0.264 e. The van der Waals surface area contributed by atoms with E-state index in [0.29, 0.717) is 0 Å². The lowest BCUT2D eigenvalue weighted by molar-refractivity contribution is 0.265. The van der Waals surface area contributed by atoms with Crippen LogP contribution in [0.5, 0.6) is 0 Å². The van der Waals surface area contributed by atoms with Gasteiger partial charge in [0.1, 0.15) is 5.82 Å². The Morgan fingerprint density at radius 2 is 2.11 bits per heavy atom. The van der Waals surface area contributed by atoms with Gasteiger partial charge in [-0.2, -0.15) is 8.42 Å². The van der Waals surface area contributed by atoms with Crippen molar-refractivity contribution in [2.75, 3.05) is 12.9 Å². The van der Waals surface area contributed by atoms with E-state index >= 15 is 0 Å². The second-order valence-corrected chi connectivity index (χ2v) is 6.04. The van der Waals surface area contributed by atoms with Crippen LogP contribution < -0.4 is 5.56 Å². The summed E-state index contributed by atoms with van der Waals surface area (Å²) < 4.78 is 40.9. The monoisotopic (exact) mass is 277 g/mol. The van der Waals surface area contributed by atoms with Gasteiger partial charge in [-0.3, -0.25) is 8.98 Å². The molecule has 7 heteroatoms. The first-order valence-electron chi connectivity index (χ1n) is 5.38. The van der Waals surface area contributed by atoms with Gasteiger partial charge < -0.3 is 4.57 Å². The number of halogens is 1. The van der Waals surface area contributed by atoms with Crippen LogP contribution in [0.3, 0.4) is 0 Å². The molecule has 0 spiro atoms. The average molecular weight is 277 g/mol. The van der Waals surface area contributed by atoms with E-state index in [0.717, 1.165) is 17.0 Å². The van der Waals surface area contributed by atoms with Crippen molar-refractivity contribution in [3.8, 4) is 0 Å². The summed E-state index contributed by atoms with van der Waals surface area (Å²) in [6.07, 6.45) is 2.32. The molecule has 0 aliphatic rings. The minimum atomic E-state index is -3.50. The maximum absolute atomic E-state index is 13.5. The largest absolute Gasteiger partial charge is 0.316 e. The Hall–Kier alpha value is -1.21. The van der Waals surface area contributed by atoms with Gasteiger partial charge in [-0.15, -0.1) is 0 Å². The van der Waals surface area contributed by atoms with Gasteiger partial charge >= 0.3 is 0 Å². The van der Waals surface area contributed by atoms with E-state index in [1.165, 1.54) is 13.1 Å². The van der Waals surface area contributed by atoms with Gasteiger partial charge in [0.2, 0.25) is 0 Å². The van der Waals surface area contributed by atoms with Gasteiger partial charge in [-0.05, 0) is 17.9 Å². The molecule has 1 atom stereocenters. The average Bonchev–Trinajstić information content (AvgIpc) is 2.22. The van der Waals surface area contributed by atoms with Gasteiger partial charge in [0.05, 0.1) is 12.9 Å². The number of hydrogen-bond acceptors (Lipinski definition) is 4. The van der Waals surface area contributed by atoms with E-state index in [4.69, 9.17) is 0 Å². The first-order chi connectivity index (χ1) is 8.19. The summed E-state index contributed by atoms with van der Waals surface area (Å²) in [7, 11) is -2.03. The zero-order valence-electron chi connectivity index (χ0n) is 10.5. The molecule has 102 valence electrons. The van der Waals surface area contributed by atoms with Crippen LogP contribution in [0.15, 0.2) is 17.1 Å². The Bertz CT molecular complexity index is 579. The van der Waals surface area contributed by atoms with Crippen LogP contribution in [-0.2, 0) is 27.8 Å². The van der Waals surface area contributed by atoms with Crippen LogP contribution in [-0.4, -0.2) is 25.8 Å². The quantitative estimate of drug-likeness (QED) is 0.742. The highest BCUT2D eigenvalue weighted by molar-refractivity contribution is 7.85. The predicted molar refractivity (Wildman–Crippen MR) is 65.3 cm³/mol. The van der Waals surface area contributed by atoms with Crippen molar-refractivity contribution in [2.45, 2.75) is 13.3 Å². The Morgan fingerprint density at radius 3 is 2.67 bits per heavy atom. The molecule has 18 heavy (non-hydrogen) atoms. The van der Waals surface area contributed by atoms with Crippen LogP contribution in [0, 0.1) is 11.7 Å². The molecular formula is C11H16FNO4S. The van der Waals surface area contributed by atoms with E-state index in [-0.39, 0.29) is 30.1 Å². The molecule has 0 radical (unpaired) electrons. The van der Waals surface area contributed by atoms with Crippen molar-refractivity contribution >= 4 is 10.1 Å². The second kappa shape index (κ2) is 5.62. The molecule has 0 bridgehead atoms. The number of nitrogens with zero attached hydrogens (tertiary/aromatic N) is 1. The van der Waals surface area contributed by atoms with Crippen LogP contribution >= 0.6 is 0 Å². The Labute approximate surface area is 105 Å². The molecule has 1 rings (SSSR count). The van der Waals surface area contributed by atoms with Crippen LogP contribution in [0.4, 0.5) is 4.39 Å². The number of hydrogen-bond donors (Lipinski definition) is 0. The normalized spacial score (nSPS) is 13.6. The van der Waals surface area contributed by atoms with E-state index < -0.39 is 15.9 Å². The predicted octanol–water partition coefficient (Wildman–Crippen LogP) is 0.679. The molecule has 0 aliphatic carbocycles. The van der Waals surface area contributed by atoms with Crippen molar-refractivity contribution < 1.29 is 17.0 Å². The third-order valence-electron chi connectivity index (χ3n) is 2.39. The minimum absolute atomic E-state index is 0.0342. The fraction of sp³-hybridized carbons (Fsp3) is 0.545. The highest BCUT2D eigenvalue weighted by atomic mass is 32.2. The molecule has 0 saturated heterocycles. The zero-order chi connectivity index (χ0) is 13.9. The summed E-state index contributed by atoms with van der Waals surface area (Å²) in [4.78, 5) is 11.4. The summed E-state index contributed by atoms with van der Waals surface area (Å²) in [5.74, 6) is -0.690. The lowest BCUT2D eigenvalue weighted by atomic mass is 10.0. The van der Waals surface area contributed by atoms with E-state index in [1.54, 1.807) is 6.92 Å². The summed E-state index contributed by atoms with van der Waals surface area (Å²) >= 11 is 0. The van der Waals surface area contributed by atoms with Crippen LogP contribution in [0.1, 0.15) is 12.5 Å². The molecule has 0 amide bonds. The third kappa shape index (κ3) is 4.58. The summed E-state index contributed by atoms with van der Waals surface area (Å²) in [5.41, 5.74) is -0.0367. The molecule has 0 aromatic carbocycles. The number of aromatic nitrogens is 1. The van der Waals surface area contributed by atoms with Gasteiger partial charge in [0.25, 0.3) is 15.7 Å². The fourth-order valence-electron chi connectivity index (χ4n) is 1.47. The Morgan fingerprint density at radius 1 is 1.50 bits per heavy atom. The SMILES string of the molecule is C[C@H](COS(C)(=O)=O)Cc1cc(=O)n(C)cc1F. The fourth-order valence-corrected chi connectivity index (χ4v) is 1.95. The lowest BCUT2D eigenvalue weighted by Gasteiger charge is -2.11. The molecule has 0 fully saturated rings. The summed E-state index contributed by atoms with van der Waals surface area (Å²) in [5, 5.41) is 0. The maximum atomic E-state index is 13.5. The topological polar surface area (TPSA) is 65.4 Å². The van der Waals surface area contributed by atoms with Gasteiger partial charge in [-0.1, -0.05) is 6.92 Å².